The van der Waals surface area contributed by atoms with Crippen LogP contribution in [0, 0.1) is 12.3 Å². The summed E-state index contributed by atoms with van der Waals surface area (Å²) < 4.78 is 8.02. The number of piperidine rings is 1. The zero-order chi connectivity index (χ0) is 25.7. The van der Waals surface area contributed by atoms with E-state index in [1.165, 1.54) is 18.4 Å². The summed E-state index contributed by atoms with van der Waals surface area (Å²) in [5.74, 6) is 1.14. The normalized spacial score (nSPS) is 18.9. The molecule has 2 aliphatic rings. The van der Waals surface area contributed by atoms with Gasteiger partial charge in [-0.15, -0.1) is 0 Å². The van der Waals surface area contributed by atoms with Gasteiger partial charge in [-0.1, -0.05) is 30.7 Å². The van der Waals surface area contributed by atoms with Crippen molar-refractivity contribution < 1.29 is 9.53 Å². The Morgan fingerprint density at radius 2 is 1.84 bits per heavy atom. The number of aromatic nitrogens is 3. The number of fused-ring (bicyclic) bond motifs is 1. The Labute approximate surface area is 220 Å². The molecule has 7 nitrogen and oxygen atoms in total. The van der Waals surface area contributed by atoms with Crippen LogP contribution >= 0.6 is 0 Å². The number of nitrogens with zero attached hydrogens (tertiary/aromatic N) is 5. The molecule has 3 aromatic rings. The van der Waals surface area contributed by atoms with Gasteiger partial charge in [-0.05, 0) is 68.2 Å². The van der Waals surface area contributed by atoms with Gasteiger partial charge in [0.1, 0.15) is 12.4 Å². The van der Waals surface area contributed by atoms with Crippen molar-refractivity contribution in [2.24, 2.45) is 12.5 Å². The molecule has 1 amide bonds. The molecule has 1 saturated heterocycles. The van der Waals surface area contributed by atoms with Gasteiger partial charge in [0.2, 0.25) is 0 Å². The zero-order valence-corrected chi connectivity index (χ0v) is 22.2. The smallest absolute Gasteiger partial charge is 0.257 e. The van der Waals surface area contributed by atoms with Gasteiger partial charge in [0, 0.05) is 52.2 Å². The molecule has 2 aromatic heterocycles. The number of carbonyl (C=O) groups excluding carboxylic acids is 1. The van der Waals surface area contributed by atoms with Crippen molar-refractivity contribution >= 4 is 5.91 Å². The molecule has 2 aliphatic heterocycles. The summed E-state index contributed by atoms with van der Waals surface area (Å²) in [7, 11) is 1.87. The van der Waals surface area contributed by atoms with E-state index in [9.17, 15) is 4.79 Å². The number of likely N-dealkylation sites (tertiary alicyclic amines) is 1. The number of aryl methyl sites for hydroxylation is 3. The summed E-state index contributed by atoms with van der Waals surface area (Å²) in [6.45, 7) is 6.83. The highest BCUT2D eigenvalue weighted by atomic mass is 16.5. The first kappa shape index (κ1) is 25.5. The van der Waals surface area contributed by atoms with Crippen LogP contribution in [0.3, 0.4) is 0 Å². The maximum absolute atomic E-state index is 13.3. The van der Waals surface area contributed by atoms with Gasteiger partial charge >= 0.3 is 0 Å². The average Bonchev–Trinajstić information content (AvgIpc) is 3.25. The molecule has 0 bridgehead atoms. The standard InChI is InChI=1S/C30H39N5O2/c1-24-27(22-33(2)32-24)29(36)35-17-14-30(15-18-35)13-7-5-10-25-9-3-4-12-28(25)37-20-19-34(23-30)21-26-11-6-8-16-31-26/h3-4,6,8-9,11-12,16,22H,5,7,10,13-15,17-21,23H2,1-2H3. The number of amides is 1. The Morgan fingerprint density at radius 1 is 1.03 bits per heavy atom. The van der Waals surface area contributed by atoms with Gasteiger partial charge in [0.25, 0.3) is 5.91 Å². The lowest BCUT2D eigenvalue weighted by molar-refractivity contribution is 0.0358. The molecule has 0 unspecified atom stereocenters. The molecular formula is C30H39N5O2. The summed E-state index contributed by atoms with van der Waals surface area (Å²) >= 11 is 0. The largest absolute Gasteiger partial charge is 0.492 e. The number of benzene rings is 1. The molecule has 196 valence electrons. The van der Waals surface area contributed by atoms with E-state index in [2.05, 4.69) is 51.4 Å². The van der Waals surface area contributed by atoms with Gasteiger partial charge in [-0.2, -0.15) is 5.10 Å². The van der Waals surface area contributed by atoms with Crippen LogP contribution in [0.1, 0.15) is 59.4 Å². The lowest BCUT2D eigenvalue weighted by Gasteiger charge is -2.45. The van der Waals surface area contributed by atoms with Crippen molar-refractivity contribution in [3.63, 3.8) is 0 Å². The average molecular weight is 502 g/mol. The lowest BCUT2D eigenvalue weighted by Crippen LogP contribution is -2.48. The topological polar surface area (TPSA) is 63.5 Å². The highest BCUT2D eigenvalue weighted by Crippen LogP contribution is 2.39. The summed E-state index contributed by atoms with van der Waals surface area (Å²) in [6, 6.07) is 14.6. The first-order valence-corrected chi connectivity index (χ1v) is 13.6. The van der Waals surface area contributed by atoms with Crippen LogP contribution in [0.15, 0.2) is 54.9 Å². The Hall–Kier alpha value is -3.19. The molecule has 0 N–H and O–H groups in total. The van der Waals surface area contributed by atoms with E-state index in [-0.39, 0.29) is 11.3 Å². The molecule has 1 fully saturated rings. The fraction of sp³-hybridized carbons (Fsp3) is 0.500. The summed E-state index contributed by atoms with van der Waals surface area (Å²) in [4.78, 5) is 22.4. The number of pyridine rings is 1. The third-order valence-corrected chi connectivity index (χ3v) is 8.07. The van der Waals surface area contributed by atoms with Crippen LogP contribution in [-0.4, -0.2) is 63.3 Å². The van der Waals surface area contributed by atoms with Crippen LogP contribution in [0.25, 0.3) is 0 Å². The number of hydrogen-bond acceptors (Lipinski definition) is 5. The van der Waals surface area contributed by atoms with Crippen molar-refractivity contribution in [2.45, 2.75) is 52.0 Å². The van der Waals surface area contributed by atoms with Gasteiger partial charge in [-0.3, -0.25) is 19.4 Å². The van der Waals surface area contributed by atoms with Crippen LogP contribution in [0.5, 0.6) is 5.75 Å². The number of hydrogen-bond donors (Lipinski definition) is 0. The molecule has 1 spiro atoms. The van der Waals surface area contributed by atoms with Crippen molar-refractivity contribution in [3.8, 4) is 5.75 Å². The number of ether oxygens (including phenoxy) is 1. The van der Waals surface area contributed by atoms with Crippen LogP contribution in [0.4, 0.5) is 0 Å². The molecule has 4 heterocycles. The highest BCUT2D eigenvalue weighted by molar-refractivity contribution is 5.95. The van der Waals surface area contributed by atoms with Gasteiger partial charge in [-0.25, -0.2) is 0 Å². The minimum atomic E-state index is 0.115. The van der Waals surface area contributed by atoms with Crippen molar-refractivity contribution in [2.75, 3.05) is 32.8 Å². The van der Waals surface area contributed by atoms with Crippen molar-refractivity contribution in [1.82, 2.24) is 24.6 Å². The molecule has 37 heavy (non-hydrogen) atoms. The highest BCUT2D eigenvalue weighted by Gasteiger charge is 2.37. The number of rotatable bonds is 3. The van der Waals surface area contributed by atoms with E-state index in [4.69, 9.17) is 4.74 Å². The van der Waals surface area contributed by atoms with E-state index < -0.39 is 0 Å². The molecule has 0 aliphatic carbocycles. The van der Waals surface area contributed by atoms with Crippen LogP contribution in [0.2, 0.25) is 0 Å². The Bertz CT molecular complexity index is 1180. The molecule has 1 aromatic carbocycles. The minimum Gasteiger partial charge on any atom is -0.492 e. The SMILES string of the molecule is Cc1nn(C)cc1C(=O)N1CCC2(CCCCc3ccccc3OCCN(Cc3ccccn3)C2)CC1. The molecule has 7 heteroatoms. The Morgan fingerprint density at radius 3 is 2.59 bits per heavy atom. The van der Waals surface area contributed by atoms with E-state index in [0.717, 1.165) is 81.1 Å². The fourth-order valence-corrected chi connectivity index (χ4v) is 6.01. The third kappa shape index (κ3) is 6.21. The summed E-state index contributed by atoms with van der Waals surface area (Å²) in [6.07, 6.45) is 10.3. The maximum atomic E-state index is 13.3. The second-order valence-electron chi connectivity index (χ2n) is 10.8. The zero-order valence-electron chi connectivity index (χ0n) is 22.2. The van der Waals surface area contributed by atoms with E-state index in [1.54, 1.807) is 4.68 Å². The molecule has 0 saturated carbocycles. The Balaban J connectivity index is 1.33. The molecule has 0 radical (unpaired) electrons. The van der Waals surface area contributed by atoms with Gasteiger partial charge < -0.3 is 9.64 Å². The van der Waals surface area contributed by atoms with Crippen LogP contribution in [-0.2, 0) is 20.0 Å². The van der Waals surface area contributed by atoms with E-state index >= 15 is 0 Å². The second kappa shape index (κ2) is 11.5. The molecule has 0 atom stereocenters. The van der Waals surface area contributed by atoms with Crippen LogP contribution < -0.4 is 4.74 Å². The quantitative estimate of drug-likeness (QED) is 0.523. The fourth-order valence-electron chi connectivity index (χ4n) is 6.01. The monoisotopic (exact) mass is 501 g/mol. The van der Waals surface area contributed by atoms with E-state index in [1.807, 2.05) is 37.3 Å². The molecular weight excluding hydrogens is 462 g/mol. The predicted octanol–water partition coefficient (Wildman–Crippen LogP) is 4.65. The summed E-state index contributed by atoms with van der Waals surface area (Å²) in [5, 5.41) is 4.38. The maximum Gasteiger partial charge on any atom is 0.257 e. The first-order chi connectivity index (χ1) is 18.0. The predicted molar refractivity (Wildman–Crippen MR) is 145 cm³/mol. The second-order valence-corrected chi connectivity index (χ2v) is 10.8. The van der Waals surface area contributed by atoms with E-state index in [0.29, 0.717) is 6.61 Å². The lowest BCUT2D eigenvalue weighted by atomic mass is 9.73. The van der Waals surface area contributed by atoms with Crippen molar-refractivity contribution in [3.05, 3.63) is 77.4 Å². The van der Waals surface area contributed by atoms with Crippen molar-refractivity contribution in [1.29, 1.82) is 0 Å². The Kier molecular flexibility index (Phi) is 7.89. The van der Waals surface area contributed by atoms with Gasteiger partial charge in [0.05, 0.1) is 17.0 Å². The molecule has 5 rings (SSSR count). The third-order valence-electron chi connectivity index (χ3n) is 8.07. The number of para-hydroxylation sites is 1. The van der Waals surface area contributed by atoms with Gasteiger partial charge in [0.15, 0.2) is 0 Å². The summed E-state index contributed by atoms with van der Waals surface area (Å²) in [5.41, 5.74) is 4.12. The first-order valence-electron chi connectivity index (χ1n) is 13.6. The number of carbonyl (C=O) groups is 1. The minimum absolute atomic E-state index is 0.115.